The van der Waals surface area contributed by atoms with Crippen LogP contribution in [0.3, 0.4) is 0 Å². The van der Waals surface area contributed by atoms with Gasteiger partial charge in [0.2, 0.25) is 0 Å². The smallest absolute Gasteiger partial charge is 0.405 e. The van der Waals surface area contributed by atoms with Crippen LogP contribution in [0.4, 0.5) is 13.2 Å². The minimum absolute atomic E-state index is 0.354. The summed E-state index contributed by atoms with van der Waals surface area (Å²) in [4.78, 5) is 26.7. The predicted molar refractivity (Wildman–Crippen MR) is 70.4 cm³/mol. The van der Waals surface area contributed by atoms with Gasteiger partial charge in [0.25, 0.3) is 5.91 Å². The summed E-state index contributed by atoms with van der Waals surface area (Å²) in [6.07, 6.45) is -3.22. The number of carbonyl (C=O) groups excluding carboxylic acids is 2. The number of hydrogen-bond donors (Lipinski definition) is 1. The number of methoxy groups -OCH3 is 1. The lowest BCUT2D eigenvalue weighted by Gasteiger charge is -2.07. The van der Waals surface area contributed by atoms with Crippen LogP contribution in [-0.2, 0) is 14.4 Å². The highest BCUT2D eigenvalue weighted by Crippen LogP contribution is 2.11. The number of rotatable bonds is 6. The zero-order valence-electron chi connectivity index (χ0n) is 11.5. The van der Waals surface area contributed by atoms with E-state index in [-0.39, 0.29) is 0 Å². The Hall–Kier alpha value is -2.58. The van der Waals surface area contributed by atoms with Gasteiger partial charge >= 0.3 is 12.1 Å². The Morgan fingerprint density at radius 3 is 2.45 bits per heavy atom. The molecule has 0 aliphatic heterocycles. The van der Waals surface area contributed by atoms with Crippen LogP contribution in [0.2, 0.25) is 0 Å². The van der Waals surface area contributed by atoms with Crippen molar-refractivity contribution in [3.8, 4) is 0 Å². The molecule has 0 saturated heterocycles. The van der Waals surface area contributed by atoms with E-state index in [2.05, 4.69) is 14.7 Å². The number of benzene rings is 1. The number of carbonyl (C=O) groups is 2. The van der Waals surface area contributed by atoms with E-state index in [9.17, 15) is 22.8 Å². The Morgan fingerprint density at radius 2 is 1.91 bits per heavy atom. The topological polar surface area (TPSA) is 77.0 Å². The van der Waals surface area contributed by atoms with Crippen molar-refractivity contribution >= 4 is 18.1 Å². The normalized spacial score (nSPS) is 11.3. The SMILES string of the molecule is COC(=O)c1ccc(/C=N\OCC(=O)NCC(F)(F)F)cc1. The molecule has 0 bridgehead atoms. The maximum atomic E-state index is 11.8. The van der Waals surface area contributed by atoms with Crippen LogP contribution in [0, 0.1) is 0 Å². The van der Waals surface area contributed by atoms with Crippen molar-refractivity contribution in [1.82, 2.24) is 5.32 Å². The van der Waals surface area contributed by atoms with E-state index in [1.807, 2.05) is 0 Å². The number of halogens is 3. The number of nitrogens with zero attached hydrogens (tertiary/aromatic N) is 1. The Labute approximate surface area is 123 Å². The molecule has 0 aromatic heterocycles. The van der Waals surface area contributed by atoms with Gasteiger partial charge in [-0.15, -0.1) is 0 Å². The largest absolute Gasteiger partial charge is 0.465 e. The minimum Gasteiger partial charge on any atom is -0.465 e. The lowest BCUT2D eigenvalue weighted by atomic mass is 10.1. The van der Waals surface area contributed by atoms with Crippen molar-refractivity contribution in [2.45, 2.75) is 6.18 Å². The molecular formula is C13H13F3N2O4. The highest BCUT2D eigenvalue weighted by atomic mass is 19.4. The average Bonchev–Trinajstić information content (AvgIpc) is 2.48. The summed E-state index contributed by atoms with van der Waals surface area (Å²) in [5, 5.41) is 5.07. The fourth-order valence-electron chi connectivity index (χ4n) is 1.27. The molecular weight excluding hydrogens is 305 g/mol. The second-order valence-electron chi connectivity index (χ2n) is 4.01. The van der Waals surface area contributed by atoms with Crippen molar-refractivity contribution in [3.63, 3.8) is 0 Å². The zero-order chi connectivity index (χ0) is 16.6. The second kappa shape index (κ2) is 8.01. The fourth-order valence-corrected chi connectivity index (χ4v) is 1.27. The Balaban J connectivity index is 2.37. The van der Waals surface area contributed by atoms with E-state index in [0.717, 1.165) is 0 Å². The Bertz CT molecular complexity index is 541. The molecule has 0 heterocycles. The van der Waals surface area contributed by atoms with E-state index >= 15 is 0 Å². The first-order valence-corrected chi connectivity index (χ1v) is 5.99. The molecule has 0 spiro atoms. The number of oxime groups is 1. The summed E-state index contributed by atoms with van der Waals surface area (Å²) in [6, 6.07) is 6.12. The van der Waals surface area contributed by atoms with Crippen LogP contribution in [0.25, 0.3) is 0 Å². The maximum Gasteiger partial charge on any atom is 0.405 e. The van der Waals surface area contributed by atoms with Gasteiger partial charge in [-0.25, -0.2) is 4.79 Å². The van der Waals surface area contributed by atoms with Gasteiger partial charge in [0, 0.05) is 0 Å². The maximum absolute atomic E-state index is 11.8. The van der Waals surface area contributed by atoms with Gasteiger partial charge in [0.05, 0.1) is 18.9 Å². The first kappa shape index (κ1) is 17.5. The summed E-state index contributed by atoms with van der Waals surface area (Å²) >= 11 is 0. The van der Waals surface area contributed by atoms with Crippen molar-refractivity contribution in [1.29, 1.82) is 0 Å². The molecule has 0 atom stereocenters. The molecule has 0 radical (unpaired) electrons. The molecule has 9 heteroatoms. The van der Waals surface area contributed by atoms with Crippen molar-refractivity contribution in [2.75, 3.05) is 20.3 Å². The van der Waals surface area contributed by atoms with Gasteiger partial charge in [-0.2, -0.15) is 13.2 Å². The number of hydrogen-bond acceptors (Lipinski definition) is 5. The summed E-state index contributed by atoms with van der Waals surface area (Å²) in [6.45, 7) is -2.05. The number of ether oxygens (including phenoxy) is 1. The summed E-state index contributed by atoms with van der Waals surface area (Å²) < 4.78 is 40.0. The van der Waals surface area contributed by atoms with Crippen molar-refractivity contribution in [3.05, 3.63) is 35.4 Å². The fraction of sp³-hybridized carbons (Fsp3) is 0.308. The summed E-state index contributed by atoms with van der Waals surface area (Å²) in [5.41, 5.74) is 0.926. The van der Waals surface area contributed by atoms with Crippen LogP contribution in [0.15, 0.2) is 29.4 Å². The summed E-state index contributed by atoms with van der Waals surface area (Å²) in [5.74, 6) is -1.42. The molecule has 1 N–H and O–H groups in total. The molecule has 0 unspecified atom stereocenters. The zero-order valence-corrected chi connectivity index (χ0v) is 11.5. The van der Waals surface area contributed by atoms with Gasteiger partial charge in [0.1, 0.15) is 6.54 Å². The van der Waals surface area contributed by atoms with Gasteiger partial charge in [0.15, 0.2) is 6.61 Å². The third-order valence-electron chi connectivity index (χ3n) is 2.29. The van der Waals surface area contributed by atoms with Gasteiger partial charge < -0.3 is 14.9 Å². The molecule has 0 aliphatic rings. The van der Waals surface area contributed by atoms with E-state index in [1.54, 1.807) is 17.4 Å². The predicted octanol–water partition coefficient (Wildman–Crippen LogP) is 1.50. The molecule has 22 heavy (non-hydrogen) atoms. The molecule has 1 aromatic rings. The third-order valence-corrected chi connectivity index (χ3v) is 2.29. The standard InChI is InChI=1S/C13H13F3N2O4/c1-21-12(20)10-4-2-9(3-5-10)6-18-22-7-11(19)17-8-13(14,15)16/h2-6H,7-8H2,1H3,(H,17,19)/b18-6-. The lowest BCUT2D eigenvalue weighted by Crippen LogP contribution is -2.35. The van der Waals surface area contributed by atoms with Gasteiger partial charge in [-0.05, 0) is 17.7 Å². The van der Waals surface area contributed by atoms with E-state index in [4.69, 9.17) is 0 Å². The molecule has 0 aliphatic carbocycles. The van der Waals surface area contributed by atoms with Gasteiger partial charge in [-0.3, -0.25) is 4.79 Å². The Morgan fingerprint density at radius 1 is 1.27 bits per heavy atom. The van der Waals surface area contributed by atoms with Crippen LogP contribution in [0.5, 0.6) is 0 Å². The highest BCUT2D eigenvalue weighted by molar-refractivity contribution is 5.90. The first-order valence-electron chi connectivity index (χ1n) is 5.99. The number of amides is 1. The third kappa shape index (κ3) is 6.73. The van der Waals surface area contributed by atoms with E-state index in [1.165, 1.54) is 25.5 Å². The molecule has 1 aromatic carbocycles. The quantitative estimate of drug-likeness (QED) is 0.490. The Kier molecular flexibility index (Phi) is 6.36. The first-order chi connectivity index (χ1) is 10.3. The van der Waals surface area contributed by atoms with Crippen molar-refractivity contribution < 1.29 is 32.3 Å². The van der Waals surface area contributed by atoms with E-state index in [0.29, 0.717) is 11.1 Å². The van der Waals surface area contributed by atoms with Crippen LogP contribution in [-0.4, -0.2) is 44.5 Å². The number of nitrogens with one attached hydrogen (secondary N) is 1. The molecule has 1 rings (SSSR count). The molecule has 120 valence electrons. The lowest BCUT2D eigenvalue weighted by molar-refractivity contribution is -0.141. The van der Waals surface area contributed by atoms with Crippen LogP contribution >= 0.6 is 0 Å². The summed E-state index contributed by atoms with van der Waals surface area (Å²) in [7, 11) is 1.26. The number of alkyl halides is 3. The molecule has 6 nitrogen and oxygen atoms in total. The van der Waals surface area contributed by atoms with Gasteiger partial charge in [-0.1, -0.05) is 17.3 Å². The van der Waals surface area contributed by atoms with Crippen molar-refractivity contribution in [2.24, 2.45) is 5.16 Å². The molecule has 1 amide bonds. The van der Waals surface area contributed by atoms with E-state index < -0.39 is 31.2 Å². The van der Waals surface area contributed by atoms with Crippen LogP contribution in [0.1, 0.15) is 15.9 Å². The minimum atomic E-state index is -4.47. The average molecular weight is 318 g/mol. The number of esters is 1. The monoisotopic (exact) mass is 318 g/mol. The molecule has 0 fully saturated rings. The van der Waals surface area contributed by atoms with Crippen LogP contribution < -0.4 is 5.32 Å². The molecule has 0 saturated carbocycles. The highest BCUT2D eigenvalue weighted by Gasteiger charge is 2.27. The second-order valence-corrected chi connectivity index (χ2v) is 4.01.